The third-order valence-electron chi connectivity index (χ3n) is 7.42. The van der Waals surface area contributed by atoms with Gasteiger partial charge in [-0.25, -0.2) is 14.8 Å². The molecule has 40 heavy (non-hydrogen) atoms. The quantitative estimate of drug-likeness (QED) is 0.345. The summed E-state index contributed by atoms with van der Waals surface area (Å²) in [7, 11) is 3.04. The van der Waals surface area contributed by atoms with Crippen molar-refractivity contribution in [2.24, 2.45) is 7.05 Å². The maximum atomic E-state index is 13.7. The fraction of sp³-hybridized carbons (Fsp3) is 0.286. The third-order valence-corrected chi connectivity index (χ3v) is 7.42. The molecule has 0 radical (unpaired) electrons. The molecule has 0 unspecified atom stereocenters. The van der Waals surface area contributed by atoms with Crippen molar-refractivity contribution in [2.75, 3.05) is 30.4 Å². The van der Waals surface area contributed by atoms with Gasteiger partial charge in [0.15, 0.2) is 0 Å². The standard InChI is InChI=1S/C28H26F3N7O2/c1-15-22(6-7-24(35-15)37-9-8-18(39)14-37)38-25-19-10-16(4-5-21(19)33-13-23(25)36(3)27(38)40)17-11-20(28(29,30)31)26(32-2)34-12-17/h4-7,10-13,18,39H,8-9,14H2,1-3H3,(H,32,34)/t18-/m0/s1. The summed E-state index contributed by atoms with van der Waals surface area (Å²) in [5.41, 5.74) is 2.54. The molecule has 12 heteroatoms. The summed E-state index contributed by atoms with van der Waals surface area (Å²) in [6.07, 6.45) is -1.31. The van der Waals surface area contributed by atoms with Crippen molar-refractivity contribution < 1.29 is 18.3 Å². The number of rotatable bonds is 4. The number of hydrogen-bond donors (Lipinski definition) is 2. The zero-order valence-electron chi connectivity index (χ0n) is 22.0. The summed E-state index contributed by atoms with van der Waals surface area (Å²) in [5, 5.41) is 13.0. The Morgan fingerprint density at radius 3 is 2.55 bits per heavy atom. The highest BCUT2D eigenvalue weighted by Crippen LogP contribution is 2.37. The Morgan fingerprint density at radius 1 is 1.07 bits per heavy atom. The second-order valence-corrected chi connectivity index (χ2v) is 9.93. The average molecular weight is 550 g/mol. The van der Waals surface area contributed by atoms with Gasteiger partial charge in [0, 0.05) is 44.3 Å². The number of alkyl halides is 3. The highest BCUT2D eigenvalue weighted by Gasteiger charge is 2.34. The summed E-state index contributed by atoms with van der Waals surface area (Å²) in [4.78, 5) is 28.8. The van der Waals surface area contributed by atoms with Gasteiger partial charge in [-0.2, -0.15) is 13.2 Å². The van der Waals surface area contributed by atoms with E-state index in [1.165, 1.54) is 17.8 Å². The van der Waals surface area contributed by atoms with E-state index in [1.807, 2.05) is 24.0 Å². The smallest absolute Gasteiger partial charge is 0.391 e. The molecule has 206 valence electrons. The lowest BCUT2D eigenvalue weighted by Crippen LogP contribution is -2.24. The number of benzene rings is 1. The minimum Gasteiger partial charge on any atom is -0.391 e. The van der Waals surface area contributed by atoms with Crippen LogP contribution in [0.5, 0.6) is 0 Å². The summed E-state index contributed by atoms with van der Waals surface area (Å²) >= 11 is 0. The Bertz CT molecular complexity index is 1840. The predicted molar refractivity (Wildman–Crippen MR) is 147 cm³/mol. The minimum absolute atomic E-state index is 0.257. The van der Waals surface area contributed by atoms with E-state index < -0.39 is 17.8 Å². The molecule has 4 aromatic heterocycles. The summed E-state index contributed by atoms with van der Waals surface area (Å²) in [6.45, 7) is 3.01. The van der Waals surface area contributed by atoms with Crippen LogP contribution in [0, 0.1) is 6.92 Å². The van der Waals surface area contributed by atoms with Crippen LogP contribution in [0.15, 0.2) is 53.6 Å². The van der Waals surface area contributed by atoms with Crippen molar-refractivity contribution in [3.8, 4) is 16.8 Å². The SMILES string of the molecule is CNc1ncc(-c2ccc3ncc4c(c3c2)n(-c2ccc(N3CC[C@H](O)C3)nc2C)c(=O)n4C)cc1C(F)(F)F. The number of fused-ring (bicyclic) bond motifs is 3. The fourth-order valence-corrected chi connectivity index (χ4v) is 5.34. The van der Waals surface area contributed by atoms with Gasteiger partial charge in [0.2, 0.25) is 0 Å². The monoisotopic (exact) mass is 549 g/mol. The van der Waals surface area contributed by atoms with Crippen molar-refractivity contribution >= 4 is 33.6 Å². The number of aryl methyl sites for hydroxylation is 2. The molecule has 0 bridgehead atoms. The van der Waals surface area contributed by atoms with Crippen molar-refractivity contribution in [2.45, 2.75) is 25.6 Å². The van der Waals surface area contributed by atoms with Gasteiger partial charge in [-0.3, -0.25) is 14.1 Å². The molecular weight excluding hydrogens is 523 g/mol. The van der Waals surface area contributed by atoms with Gasteiger partial charge in [-0.15, -0.1) is 0 Å². The number of nitrogens with zero attached hydrogens (tertiary/aromatic N) is 6. The Hall–Kier alpha value is -4.45. The summed E-state index contributed by atoms with van der Waals surface area (Å²) in [5.74, 6) is 0.464. The molecule has 1 fully saturated rings. The van der Waals surface area contributed by atoms with Gasteiger partial charge >= 0.3 is 11.9 Å². The van der Waals surface area contributed by atoms with Crippen LogP contribution in [0.25, 0.3) is 38.8 Å². The number of pyridine rings is 3. The van der Waals surface area contributed by atoms with Gasteiger partial charge in [0.1, 0.15) is 11.6 Å². The molecule has 2 N–H and O–H groups in total. The van der Waals surface area contributed by atoms with Crippen molar-refractivity contribution in [1.82, 2.24) is 24.1 Å². The molecular formula is C28H26F3N7O2. The topological polar surface area (TPSA) is 101 Å². The molecule has 1 saturated heterocycles. The van der Waals surface area contributed by atoms with Gasteiger partial charge in [0.05, 0.1) is 45.8 Å². The van der Waals surface area contributed by atoms with Crippen LogP contribution in [0.4, 0.5) is 24.8 Å². The predicted octanol–water partition coefficient (Wildman–Crippen LogP) is 4.27. The second kappa shape index (κ2) is 9.33. The lowest BCUT2D eigenvalue weighted by atomic mass is 10.0. The first-order valence-electron chi connectivity index (χ1n) is 12.7. The molecule has 1 atom stereocenters. The maximum absolute atomic E-state index is 13.7. The zero-order chi connectivity index (χ0) is 28.3. The van der Waals surface area contributed by atoms with Crippen LogP contribution in [0.1, 0.15) is 17.7 Å². The van der Waals surface area contributed by atoms with Gasteiger partial charge < -0.3 is 15.3 Å². The molecule has 1 aliphatic heterocycles. The number of hydrogen-bond acceptors (Lipinski definition) is 7. The number of aromatic nitrogens is 5. The number of nitrogens with one attached hydrogen (secondary N) is 1. The number of aliphatic hydroxyl groups excluding tert-OH is 1. The van der Waals surface area contributed by atoms with E-state index in [1.54, 1.807) is 36.0 Å². The lowest BCUT2D eigenvalue weighted by molar-refractivity contribution is -0.137. The molecule has 0 aliphatic carbocycles. The van der Waals surface area contributed by atoms with E-state index in [4.69, 9.17) is 4.98 Å². The Balaban J connectivity index is 1.55. The third kappa shape index (κ3) is 4.15. The van der Waals surface area contributed by atoms with E-state index in [2.05, 4.69) is 15.3 Å². The van der Waals surface area contributed by atoms with Crippen LogP contribution >= 0.6 is 0 Å². The number of β-amino-alcohol motifs (C(OH)–C–C–N with tert-alkyl or cyclic N) is 1. The van der Waals surface area contributed by atoms with Crippen molar-refractivity contribution in [3.05, 3.63) is 70.5 Å². The molecule has 0 amide bonds. The summed E-state index contributed by atoms with van der Waals surface area (Å²) in [6, 6.07) is 9.86. The molecule has 5 heterocycles. The van der Waals surface area contributed by atoms with Gasteiger partial charge in [-0.1, -0.05) is 6.07 Å². The van der Waals surface area contributed by atoms with Crippen molar-refractivity contribution in [1.29, 1.82) is 0 Å². The van der Waals surface area contributed by atoms with E-state index in [0.29, 0.717) is 58.4 Å². The van der Waals surface area contributed by atoms with Crippen LogP contribution < -0.4 is 15.9 Å². The van der Waals surface area contributed by atoms with Gasteiger partial charge in [0.25, 0.3) is 0 Å². The molecule has 6 rings (SSSR count). The number of aliphatic hydroxyl groups is 1. The minimum atomic E-state index is -4.59. The molecule has 0 spiro atoms. The normalized spacial score (nSPS) is 15.9. The zero-order valence-corrected chi connectivity index (χ0v) is 22.0. The largest absolute Gasteiger partial charge is 0.419 e. The molecule has 0 saturated carbocycles. The number of halogens is 3. The van der Waals surface area contributed by atoms with Gasteiger partial charge in [-0.05, 0) is 49.2 Å². The maximum Gasteiger partial charge on any atom is 0.419 e. The van der Waals surface area contributed by atoms with Crippen LogP contribution in [-0.4, -0.2) is 55.4 Å². The van der Waals surface area contributed by atoms with Crippen LogP contribution in [0.3, 0.4) is 0 Å². The second-order valence-electron chi connectivity index (χ2n) is 9.93. The molecule has 5 aromatic rings. The number of imidazole rings is 1. The molecule has 1 aromatic carbocycles. The Morgan fingerprint density at radius 2 is 1.88 bits per heavy atom. The Labute approximate surface area is 226 Å². The first-order chi connectivity index (χ1) is 19.1. The number of anilines is 2. The first kappa shape index (κ1) is 25.8. The van der Waals surface area contributed by atoms with E-state index >= 15 is 0 Å². The van der Waals surface area contributed by atoms with E-state index in [0.717, 1.165) is 11.9 Å². The lowest BCUT2D eigenvalue weighted by Gasteiger charge is -2.18. The fourth-order valence-electron chi connectivity index (χ4n) is 5.34. The van der Waals surface area contributed by atoms with Crippen LogP contribution in [0.2, 0.25) is 0 Å². The highest BCUT2D eigenvalue weighted by atomic mass is 19.4. The van der Waals surface area contributed by atoms with Crippen molar-refractivity contribution in [3.63, 3.8) is 0 Å². The summed E-state index contributed by atoms with van der Waals surface area (Å²) < 4.78 is 44.2. The Kier molecular flexibility index (Phi) is 6.02. The molecule has 9 nitrogen and oxygen atoms in total. The molecule has 1 aliphatic rings. The van der Waals surface area contributed by atoms with E-state index in [9.17, 15) is 23.1 Å². The highest BCUT2D eigenvalue weighted by molar-refractivity contribution is 6.04. The van der Waals surface area contributed by atoms with Crippen LogP contribution in [-0.2, 0) is 13.2 Å². The van der Waals surface area contributed by atoms with E-state index in [-0.39, 0.29) is 17.1 Å². The first-order valence-corrected chi connectivity index (χ1v) is 12.7. The average Bonchev–Trinajstić information content (AvgIpc) is 3.48.